The van der Waals surface area contributed by atoms with E-state index < -0.39 is 0 Å². The molecule has 1 heterocycles. The smallest absolute Gasteiger partial charge is 0.0801 e. The molecular formula is C13H25N3S. The summed E-state index contributed by atoms with van der Waals surface area (Å²) >= 11 is 1.56. The molecule has 0 amide bonds. The van der Waals surface area contributed by atoms with Crippen LogP contribution < -0.4 is 5.32 Å². The molecular weight excluding hydrogens is 230 g/mol. The predicted molar refractivity (Wildman–Crippen MR) is 74.4 cm³/mol. The molecule has 0 radical (unpaired) electrons. The van der Waals surface area contributed by atoms with Crippen molar-refractivity contribution in [3.8, 4) is 0 Å². The van der Waals surface area contributed by atoms with Crippen LogP contribution in [0.5, 0.6) is 0 Å². The van der Waals surface area contributed by atoms with Crippen molar-refractivity contribution in [1.29, 1.82) is 0 Å². The van der Waals surface area contributed by atoms with E-state index in [1.54, 1.807) is 11.5 Å². The minimum absolute atomic E-state index is 0.435. The molecule has 3 nitrogen and oxygen atoms in total. The van der Waals surface area contributed by atoms with Gasteiger partial charge in [-0.15, -0.1) is 5.10 Å². The van der Waals surface area contributed by atoms with E-state index in [0.717, 1.165) is 13.0 Å². The number of nitrogens with one attached hydrogen (secondary N) is 1. The molecule has 0 spiro atoms. The van der Waals surface area contributed by atoms with Gasteiger partial charge in [0.2, 0.25) is 0 Å². The van der Waals surface area contributed by atoms with Crippen LogP contribution in [0, 0.1) is 5.92 Å². The summed E-state index contributed by atoms with van der Waals surface area (Å²) in [6.45, 7) is 10.0. The molecule has 0 fully saturated rings. The van der Waals surface area contributed by atoms with Crippen LogP contribution in [0.25, 0.3) is 0 Å². The molecule has 2 atom stereocenters. The van der Waals surface area contributed by atoms with E-state index in [0.29, 0.717) is 12.0 Å². The monoisotopic (exact) mass is 255 g/mol. The Bertz CT molecular complexity index is 311. The second kappa shape index (κ2) is 7.77. The Hall–Kier alpha value is -0.480. The van der Waals surface area contributed by atoms with Crippen LogP contribution in [0.15, 0.2) is 0 Å². The van der Waals surface area contributed by atoms with Crippen LogP contribution >= 0.6 is 11.5 Å². The Balaban J connectivity index is 2.81. The molecule has 17 heavy (non-hydrogen) atoms. The summed E-state index contributed by atoms with van der Waals surface area (Å²) in [7, 11) is 0. The van der Waals surface area contributed by atoms with Gasteiger partial charge in [0.1, 0.15) is 0 Å². The number of hydrogen-bond acceptors (Lipinski definition) is 4. The van der Waals surface area contributed by atoms with Gasteiger partial charge in [0, 0.05) is 6.04 Å². The molecule has 1 aromatic heterocycles. The Morgan fingerprint density at radius 1 is 1.24 bits per heavy atom. The molecule has 0 aliphatic heterocycles. The van der Waals surface area contributed by atoms with Gasteiger partial charge in [-0.05, 0) is 43.3 Å². The van der Waals surface area contributed by atoms with Crippen molar-refractivity contribution in [2.24, 2.45) is 5.92 Å². The highest BCUT2D eigenvalue weighted by molar-refractivity contribution is 7.05. The summed E-state index contributed by atoms with van der Waals surface area (Å²) in [4.78, 5) is 1.35. The van der Waals surface area contributed by atoms with E-state index in [1.165, 1.54) is 29.8 Å². The van der Waals surface area contributed by atoms with Gasteiger partial charge in [0.15, 0.2) is 0 Å². The molecule has 0 bridgehead atoms. The molecule has 1 aromatic rings. The SMILES string of the molecule is CCCNC(c1snnc1CC)C(C)CCC. The average Bonchev–Trinajstić information content (AvgIpc) is 2.78. The zero-order valence-electron chi connectivity index (χ0n) is 11.5. The van der Waals surface area contributed by atoms with E-state index in [2.05, 4.69) is 42.6 Å². The van der Waals surface area contributed by atoms with E-state index in [1.807, 2.05) is 0 Å². The minimum atomic E-state index is 0.435. The second-order valence-corrected chi connectivity index (χ2v) is 5.42. The predicted octanol–water partition coefficient (Wildman–Crippen LogP) is 3.58. The van der Waals surface area contributed by atoms with Gasteiger partial charge in [-0.1, -0.05) is 38.6 Å². The molecule has 2 unspecified atom stereocenters. The Morgan fingerprint density at radius 3 is 2.59 bits per heavy atom. The number of rotatable bonds is 8. The van der Waals surface area contributed by atoms with Crippen molar-refractivity contribution in [2.45, 2.75) is 59.4 Å². The number of hydrogen-bond donors (Lipinski definition) is 1. The summed E-state index contributed by atoms with van der Waals surface area (Å²) < 4.78 is 4.12. The second-order valence-electron chi connectivity index (χ2n) is 4.64. The molecule has 0 aliphatic rings. The van der Waals surface area contributed by atoms with Gasteiger partial charge in [0.05, 0.1) is 10.6 Å². The van der Waals surface area contributed by atoms with Crippen molar-refractivity contribution >= 4 is 11.5 Å². The fourth-order valence-corrected chi connectivity index (χ4v) is 3.12. The van der Waals surface area contributed by atoms with E-state index in [4.69, 9.17) is 0 Å². The Morgan fingerprint density at radius 2 is 2.00 bits per heavy atom. The fourth-order valence-electron chi connectivity index (χ4n) is 2.17. The van der Waals surface area contributed by atoms with Crippen molar-refractivity contribution in [1.82, 2.24) is 14.9 Å². The topological polar surface area (TPSA) is 37.8 Å². The Labute approximate surface area is 109 Å². The Kier molecular flexibility index (Phi) is 6.66. The van der Waals surface area contributed by atoms with Crippen molar-refractivity contribution in [2.75, 3.05) is 6.54 Å². The van der Waals surface area contributed by atoms with Crippen LogP contribution in [0.4, 0.5) is 0 Å². The lowest BCUT2D eigenvalue weighted by Crippen LogP contribution is -2.27. The highest BCUT2D eigenvalue weighted by Crippen LogP contribution is 2.30. The lowest BCUT2D eigenvalue weighted by atomic mass is 9.94. The van der Waals surface area contributed by atoms with Crippen LogP contribution in [-0.4, -0.2) is 16.1 Å². The molecule has 1 N–H and O–H groups in total. The third kappa shape index (κ3) is 4.03. The number of nitrogens with zero attached hydrogens (tertiary/aromatic N) is 2. The van der Waals surface area contributed by atoms with Crippen molar-refractivity contribution < 1.29 is 0 Å². The minimum Gasteiger partial charge on any atom is -0.309 e. The van der Waals surface area contributed by atoms with E-state index in [9.17, 15) is 0 Å². The van der Waals surface area contributed by atoms with Gasteiger partial charge in [-0.3, -0.25) is 0 Å². The maximum absolute atomic E-state index is 4.23. The normalized spacial score (nSPS) is 14.8. The first kappa shape index (κ1) is 14.6. The first-order valence-electron chi connectivity index (χ1n) is 6.79. The number of aryl methyl sites for hydroxylation is 1. The highest BCUT2D eigenvalue weighted by atomic mass is 32.1. The zero-order chi connectivity index (χ0) is 12.7. The summed E-state index contributed by atoms with van der Waals surface area (Å²) in [5.41, 5.74) is 1.17. The van der Waals surface area contributed by atoms with Gasteiger partial charge < -0.3 is 5.32 Å². The molecule has 0 saturated carbocycles. The molecule has 0 aromatic carbocycles. The maximum Gasteiger partial charge on any atom is 0.0801 e. The first-order valence-corrected chi connectivity index (χ1v) is 7.56. The fraction of sp³-hybridized carbons (Fsp3) is 0.846. The molecule has 0 aliphatic carbocycles. The first-order chi connectivity index (χ1) is 8.24. The third-order valence-electron chi connectivity index (χ3n) is 3.13. The van der Waals surface area contributed by atoms with Crippen LogP contribution in [0.3, 0.4) is 0 Å². The summed E-state index contributed by atoms with van der Waals surface area (Å²) in [6.07, 6.45) is 4.64. The van der Waals surface area contributed by atoms with Crippen molar-refractivity contribution in [3.63, 3.8) is 0 Å². The summed E-state index contributed by atoms with van der Waals surface area (Å²) in [5, 5.41) is 7.90. The summed E-state index contributed by atoms with van der Waals surface area (Å²) in [5.74, 6) is 0.652. The van der Waals surface area contributed by atoms with Gasteiger partial charge >= 0.3 is 0 Å². The molecule has 98 valence electrons. The average molecular weight is 255 g/mol. The highest BCUT2D eigenvalue weighted by Gasteiger charge is 2.23. The lowest BCUT2D eigenvalue weighted by molar-refractivity contribution is 0.366. The third-order valence-corrected chi connectivity index (χ3v) is 3.98. The van der Waals surface area contributed by atoms with E-state index >= 15 is 0 Å². The standard InChI is InChI=1S/C13H25N3S/c1-5-8-10(4)12(14-9-6-2)13-11(7-3)15-16-17-13/h10,12,14H,5-9H2,1-4H3. The quantitative estimate of drug-likeness (QED) is 0.771. The van der Waals surface area contributed by atoms with Gasteiger partial charge in [-0.2, -0.15) is 0 Å². The van der Waals surface area contributed by atoms with E-state index in [-0.39, 0.29) is 0 Å². The molecule has 0 saturated heterocycles. The molecule has 4 heteroatoms. The van der Waals surface area contributed by atoms with Crippen molar-refractivity contribution in [3.05, 3.63) is 10.6 Å². The largest absolute Gasteiger partial charge is 0.309 e. The zero-order valence-corrected chi connectivity index (χ0v) is 12.3. The van der Waals surface area contributed by atoms with Crippen LogP contribution in [-0.2, 0) is 6.42 Å². The summed E-state index contributed by atoms with van der Waals surface area (Å²) in [6, 6.07) is 0.435. The molecule has 1 rings (SSSR count). The van der Waals surface area contributed by atoms with Gasteiger partial charge in [-0.25, -0.2) is 0 Å². The lowest BCUT2D eigenvalue weighted by Gasteiger charge is -2.24. The number of aromatic nitrogens is 2. The van der Waals surface area contributed by atoms with Gasteiger partial charge in [0.25, 0.3) is 0 Å². The van der Waals surface area contributed by atoms with Crippen LogP contribution in [0.2, 0.25) is 0 Å². The maximum atomic E-state index is 4.23. The van der Waals surface area contributed by atoms with Crippen LogP contribution in [0.1, 0.15) is 63.6 Å².